The van der Waals surface area contributed by atoms with Gasteiger partial charge in [0.05, 0.1) is 48.2 Å². The molecule has 0 aliphatic heterocycles. The highest BCUT2D eigenvalue weighted by Gasteiger charge is 2.35. The number of aldehydes is 1. The van der Waals surface area contributed by atoms with E-state index in [0.29, 0.717) is 36.6 Å². The summed E-state index contributed by atoms with van der Waals surface area (Å²) in [6.45, 7) is 6.81. The van der Waals surface area contributed by atoms with Crippen molar-refractivity contribution in [2.45, 2.75) is 58.1 Å². The number of rotatable bonds is 9. The number of carbonyl (C=O) groups is 2. The number of pyridine rings is 1. The Morgan fingerprint density at radius 1 is 1.33 bits per heavy atom. The maximum atomic E-state index is 11.4. The molecule has 0 radical (unpaired) electrons. The lowest BCUT2D eigenvalue weighted by Crippen LogP contribution is -2.43. The average molecular weight is 520 g/mol. The molecule has 0 spiro atoms. The van der Waals surface area contributed by atoms with Crippen molar-refractivity contribution in [3.63, 3.8) is 0 Å². The molecule has 1 aliphatic rings. The van der Waals surface area contributed by atoms with Gasteiger partial charge in [-0.1, -0.05) is 11.6 Å². The van der Waals surface area contributed by atoms with Gasteiger partial charge in [0.1, 0.15) is 12.0 Å². The Labute approximate surface area is 218 Å². The average Bonchev–Trinajstić information content (AvgIpc) is 2.86. The van der Waals surface area contributed by atoms with Gasteiger partial charge in [-0.25, -0.2) is 0 Å². The molecule has 198 valence electrons. The summed E-state index contributed by atoms with van der Waals surface area (Å²) in [5.74, 6) is 0.604. The molecular weight excluding hydrogens is 482 g/mol. The number of nitrogens with one attached hydrogen (secondary N) is 2. The number of anilines is 1. The van der Waals surface area contributed by atoms with Crippen molar-refractivity contribution >= 4 is 29.5 Å². The molecule has 3 N–H and O–H groups in total. The third-order valence-electron chi connectivity index (χ3n) is 6.26. The van der Waals surface area contributed by atoms with Crippen molar-refractivity contribution in [3.05, 3.63) is 52.3 Å². The lowest BCUT2D eigenvalue weighted by Gasteiger charge is -2.34. The molecule has 1 heterocycles. The van der Waals surface area contributed by atoms with E-state index in [2.05, 4.69) is 15.6 Å². The first-order valence-electron chi connectivity index (χ1n) is 12.2. The van der Waals surface area contributed by atoms with Crippen molar-refractivity contribution in [1.29, 1.82) is 0 Å². The molecule has 0 bridgehead atoms. The minimum atomic E-state index is -0.627. The van der Waals surface area contributed by atoms with Crippen molar-refractivity contribution in [1.82, 2.24) is 10.3 Å². The second-order valence-corrected chi connectivity index (χ2v) is 9.48. The van der Waals surface area contributed by atoms with Crippen molar-refractivity contribution in [2.24, 2.45) is 5.92 Å². The number of halogens is 1. The monoisotopic (exact) mass is 519 g/mol. The second-order valence-electron chi connectivity index (χ2n) is 9.07. The van der Waals surface area contributed by atoms with Gasteiger partial charge in [0.15, 0.2) is 0 Å². The molecule has 3 rings (SSSR count). The number of nitrogens with zero attached hydrogens (tertiary/aromatic N) is 1. The van der Waals surface area contributed by atoms with Crippen LogP contribution in [0.4, 0.5) is 5.69 Å². The van der Waals surface area contributed by atoms with Crippen LogP contribution in [0.25, 0.3) is 0 Å². The Morgan fingerprint density at radius 2 is 2.03 bits per heavy atom. The molecule has 1 aliphatic carbocycles. The number of aryl methyl sites for hydroxylation is 1. The number of esters is 1. The van der Waals surface area contributed by atoms with Crippen LogP contribution < -0.4 is 15.4 Å². The number of aliphatic hydroxyl groups is 1. The van der Waals surface area contributed by atoms with Crippen molar-refractivity contribution < 1.29 is 24.2 Å². The normalized spacial score (nSPS) is 19.9. The van der Waals surface area contributed by atoms with Crippen LogP contribution in [0.2, 0.25) is 5.02 Å². The smallest absolute Gasteiger partial charge is 0.308 e. The quantitative estimate of drug-likeness (QED) is 0.322. The number of methoxy groups -OCH3 is 1. The summed E-state index contributed by atoms with van der Waals surface area (Å²) < 4.78 is 10.3. The van der Waals surface area contributed by atoms with Crippen LogP contribution in [0.5, 0.6) is 5.75 Å². The van der Waals surface area contributed by atoms with E-state index in [1.807, 2.05) is 33.9 Å². The number of carbonyl (C=O) groups excluding carboxylic acids is 2. The van der Waals surface area contributed by atoms with Gasteiger partial charge < -0.3 is 25.2 Å². The summed E-state index contributed by atoms with van der Waals surface area (Å²) in [6, 6.07) is 7.12. The first-order chi connectivity index (χ1) is 17.2. The molecule has 0 amide bonds. The zero-order valence-corrected chi connectivity index (χ0v) is 22.5. The van der Waals surface area contributed by atoms with Crippen LogP contribution in [0.3, 0.4) is 0 Å². The number of ether oxygens (including phenoxy) is 2. The van der Waals surface area contributed by atoms with Gasteiger partial charge in [-0.3, -0.25) is 14.6 Å². The van der Waals surface area contributed by atoms with Gasteiger partial charge in [-0.2, -0.15) is 0 Å². The van der Waals surface area contributed by atoms with Gasteiger partial charge in [0.2, 0.25) is 0 Å². The maximum absolute atomic E-state index is 11.4. The molecule has 1 atom stereocenters. The zero-order valence-electron chi connectivity index (χ0n) is 21.8. The highest BCUT2D eigenvalue weighted by Crippen LogP contribution is 2.33. The van der Waals surface area contributed by atoms with Gasteiger partial charge in [-0.15, -0.1) is 0 Å². The summed E-state index contributed by atoms with van der Waals surface area (Å²) in [5.41, 5.74) is 2.61. The molecule has 1 aromatic heterocycles. The van der Waals surface area contributed by atoms with E-state index in [4.69, 9.17) is 21.1 Å². The Hall–Kier alpha value is -2.68. The van der Waals surface area contributed by atoms with E-state index >= 15 is 0 Å². The fraction of sp³-hybridized carbons (Fsp3) is 0.519. The standard InChI is InChI=1S/C16H17ClN2O2.C11H21NO3/c1-10-6-13(16(21-3)8-18-10)11(2)19-15-5-4-12(9-20)7-14(15)17;1-3-15-10(13)9-4-6-11(14,7-5-9)8-12-2/h4-9,11,19H,1-3H3;9,12,14H,3-8H2,1-2H3/t11-;/m0./s1. The van der Waals surface area contributed by atoms with Crippen molar-refractivity contribution in [3.8, 4) is 5.75 Å². The summed E-state index contributed by atoms with van der Waals surface area (Å²) in [6.07, 6.45) is 5.30. The van der Waals surface area contributed by atoms with Crippen LogP contribution in [-0.2, 0) is 9.53 Å². The predicted molar refractivity (Wildman–Crippen MR) is 142 cm³/mol. The molecule has 0 unspecified atom stereocenters. The summed E-state index contributed by atoms with van der Waals surface area (Å²) >= 11 is 6.18. The van der Waals surface area contributed by atoms with Gasteiger partial charge in [0, 0.05) is 23.4 Å². The maximum Gasteiger partial charge on any atom is 0.308 e. The first-order valence-corrected chi connectivity index (χ1v) is 12.6. The molecule has 1 saturated carbocycles. The van der Waals surface area contributed by atoms with E-state index in [1.54, 1.807) is 31.5 Å². The number of hydrogen-bond acceptors (Lipinski definition) is 8. The second kappa shape index (κ2) is 14.2. The Balaban J connectivity index is 0.000000269. The largest absolute Gasteiger partial charge is 0.495 e. The molecule has 8 nitrogen and oxygen atoms in total. The Bertz CT molecular complexity index is 1010. The molecule has 9 heteroatoms. The molecule has 1 aromatic carbocycles. The zero-order chi connectivity index (χ0) is 26.7. The van der Waals surface area contributed by atoms with Crippen molar-refractivity contribution in [2.75, 3.05) is 32.6 Å². The molecule has 2 aromatic rings. The van der Waals surface area contributed by atoms with Crippen LogP contribution in [0, 0.1) is 12.8 Å². The highest BCUT2D eigenvalue weighted by atomic mass is 35.5. The molecule has 1 fully saturated rings. The Morgan fingerprint density at radius 3 is 2.58 bits per heavy atom. The van der Waals surface area contributed by atoms with Gasteiger partial charge in [0.25, 0.3) is 0 Å². The van der Waals surface area contributed by atoms with Crippen LogP contribution in [-0.4, -0.2) is 55.3 Å². The number of benzene rings is 1. The third-order valence-corrected chi connectivity index (χ3v) is 6.58. The highest BCUT2D eigenvalue weighted by molar-refractivity contribution is 6.33. The topological polar surface area (TPSA) is 110 Å². The lowest BCUT2D eigenvalue weighted by atomic mass is 9.79. The van der Waals surface area contributed by atoms with E-state index < -0.39 is 5.60 Å². The number of hydrogen-bond donors (Lipinski definition) is 3. The summed E-state index contributed by atoms with van der Waals surface area (Å²) in [5, 5.41) is 16.9. The first kappa shape index (κ1) is 29.5. The van der Waals surface area contributed by atoms with E-state index in [9.17, 15) is 14.7 Å². The van der Waals surface area contributed by atoms with Crippen LogP contribution in [0.15, 0.2) is 30.5 Å². The molecule has 36 heavy (non-hydrogen) atoms. The number of aromatic nitrogens is 1. The van der Waals surface area contributed by atoms with E-state index in [1.165, 1.54) is 0 Å². The minimum absolute atomic E-state index is 0.0120. The lowest BCUT2D eigenvalue weighted by molar-refractivity contribution is -0.151. The van der Waals surface area contributed by atoms with Gasteiger partial charge in [-0.05, 0) is 77.8 Å². The Kier molecular flexibility index (Phi) is 11.6. The van der Waals surface area contributed by atoms with Crippen LogP contribution in [0.1, 0.15) is 67.2 Å². The van der Waals surface area contributed by atoms with Gasteiger partial charge >= 0.3 is 5.97 Å². The summed E-state index contributed by atoms with van der Waals surface area (Å²) in [4.78, 5) is 26.4. The summed E-state index contributed by atoms with van der Waals surface area (Å²) in [7, 11) is 3.45. The third kappa shape index (κ3) is 8.47. The van der Waals surface area contributed by atoms with Crippen LogP contribution >= 0.6 is 11.6 Å². The minimum Gasteiger partial charge on any atom is -0.495 e. The fourth-order valence-corrected chi connectivity index (χ4v) is 4.51. The SMILES string of the molecule is CCOC(=O)C1CCC(O)(CNC)CC1.COc1cnc(C)cc1[C@H](C)Nc1ccc(C=O)cc1Cl. The van der Waals surface area contributed by atoms with E-state index in [-0.39, 0.29) is 17.9 Å². The van der Waals surface area contributed by atoms with E-state index in [0.717, 1.165) is 41.8 Å². The molecule has 0 saturated heterocycles. The fourth-order valence-electron chi connectivity index (χ4n) is 4.27. The molecular formula is C27H38ClN3O5. The predicted octanol–water partition coefficient (Wildman–Crippen LogP) is 4.73. The number of likely N-dealkylation sites (N-methyl/N-ethyl adjacent to an activating group) is 1.